The number of hydrogen-bond donors (Lipinski definition) is 0. The van der Waals surface area contributed by atoms with Gasteiger partial charge in [-0.15, -0.1) is 0 Å². The molecule has 0 saturated heterocycles. The Morgan fingerprint density at radius 1 is 1.11 bits per heavy atom. The van der Waals surface area contributed by atoms with Crippen LogP contribution < -0.4 is 0 Å². The van der Waals surface area contributed by atoms with Gasteiger partial charge in [-0.05, 0) is 36.6 Å². The molecule has 1 aliphatic carbocycles. The summed E-state index contributed by atoms with van der Waals surface area (Å²) in [6, 6.07) is 3.30. The van der Waals surface area contributed by atoms with Crippen LogP contribution in [-0.4, -0.2) is 5.78 Å². The fourth-order valence-corrected chi connectivity index (χ4v) is 2.61. The lowest BCUT2D eigenvalue weighted by Gasteiger charge is -2.12. The van der Waals surface area contributed by atoms with Gasteiger partial charge in [-0.3, -0.25) is 4.79 Å². The van der Waals surface area contributed by atoms with Crippen LogP contribution in [0.2, 0.25) is 0 Å². The Morgan fingerprint density at radius 3 is 2.44 bits per heavy atom. The molecular formula is C15H18F2O. The molecule has 1 aromatic rings. The van der Waals surface area contributed by atoms with Crippen molar-refractivity contribution in [3.63, 3.8) is 0 Å². The number of halogens is 2. The van der Waals surface area contributed by atoms with Gasteiger partial charge < -0.3 is 0 Å². The van der Waals surface area contributed by atoms with E-state index in [0.717, 1.165) is 43.9 Å². The molecule has 0 N–H and O–H groups in total. The minimum absolute atomic E-state index is 0.0221. The highest BCUT2D eigenvalue weighted by Crippen LogP contribution is 2.25. The third-order valence-corrected chi connectivity index (χ3v) is 3.68. The lowest BCUT2D eigenvalue weighted by molar-refractivity contribution is -0.122. The van der Waals surface area contributed by atoms with Gasteiger partial charge >= 0.3 is 0 Å². The van der Waals surface area contributed by atoms with Crippen molar-refractivity contribution in [2.45, 2.75) is 44.9 Å². The molecule has 0 bridgehead atoms. The van der Waals surface area contributed by atoms with Crippen LogP contribution in [0.5, 0.6) is 0 Å². The number of Topliss-reactive ketones (excluding diaryl/α,β-unsaturated/α-hetero) is 1. The Labute approximate surface area is 106 Å². The van der Waals surface area contributed by atoms with Crippen LogP contribution in [-0.2, 0) is 11.2 Å². The lowest BCUT2D eigenvalue weighted by Crippen LogP contribution is -2.17. The molecule has 0 heterocycles. The topological polar surface area (TPSA) is 17.1 Å². The van der Waals surface area contributed by atoms with Crippen molar-refractivity contribution in [1.82, 2.24) is 0 Å². The quantitative estimate of drug-likeness (QED) is 0.742. The predicted molar refractivity (Wildman–Crippen MR) is 66.3 cm³/mol. The molecule has 0 aliphatic heterocycles. The Kier molecular flexibility index (Phi) is 4.45. The molecule has 98 valence electrons. The van der Waals surface area contributed by atoms with Crippen molar-refractivity contribution in [3.8, 4) is 0 Å². The number of hydrogen-bond acceptors (Lipinski definition) is 1. The van der Waals surface area contributed by atoms with E-state index in [2.05, 4.69) is 0 Å². The SMILES string of the molecule is O=C(Cc1cc(F)ccc1F)C1CCCCCC1. The van der Waals surface area contributed by atoms with Crippen LogP contribution in [0, 0.1) is 17.6 Å². The first-order valence-corrected chi connectivity index (χ1v) is 6.63. The molecule has 1 aliphatic rings. The van der Waals surface area contributed by atoms with E-state index < -0.39 is 11.6 Å². The van der Waals surface area contributed by atoms with E-state index in [1.807, 2.05) is 0 Å². The number of ketones is 1. The van der Waals surface area contributed by atoms with Crippen molar-refractivity contribution in [2.24, 2.45) is 5.92 Å². The van der Waals surface area contributed by atoms with Crippen LogP contribution in [0.4, 0.5) is 8.78 Å². The standard InChI is InChI=1S/C15H18F2O/c16-13-7-8-14(17)12(9-13)10-15(18)11-5-3-1-2-4-6-11/h7-9,11H,1-6,10H2. The van der Waals surface area contributed by atoms with Crippen LogP contribution >= 0.6 is 0 Å². The largest absolute Gasteiger partial charge is 0.299 e. The maximum atomic E-state index is 13.5. The summed E-state index contributed by atoms with van der Waals surface area (Å²) in [5, 5.41) is 0. The zero-order valence-electron chi connectivity index (χ0n) is 10.4. The molecular weight excluding hydrogens is 234 g/mol. The number of carbonyl (C=O) groups is 1. The molecule has 1 saturated carbocycles. The second kappa shape index (κ2) is 6.07. The lowest BCUT2D eigenvalue weighted by atomic mass is 9.91. The highest BCUT2D eigenvalue weighted by atomic mass is 19.1. The molecule has 18 heavy (non-hydrogen) atoms. The highest BCUT2D eigenvalue weighted by molar-refractivity contribution is 5.83. The second-order valence-electron chi connectivity index (χ2n) is 5.07. The maximum Gasteiger partial charge on any atom is 0.140 e. The molecule has 0 unspecified atom stereocenters. The minimum atomic E-state index is -0.488. The summed E-state index contributed by atoms with van der Waals surface area (Å²) in [7, 11) is 0. The number of rotatable bonds is 3. The maximum absolute atomic E-state index is 13.5. The summed E-state index contributed by atoms with van der Waals surface area (Å²) in [5.41, 5.74) is 0.184. The van der Waals surface area contributed by atoms with Crippen molar-refractivity contribution in [3.05, 3.63) is 35.4 Å². The van der Waals surface area contributed by atoms with E-state index in [1.165, 1.54) is 12.8 Å². The molecule has 2 rings (SSSR count). The summed E-state index contributed by atoms with van der Waals surface area (Å²) >= 11 is 0. The van der Waals surface area contributed by atoms with E-state index in [4.69, 9.17) is 0 Å². The van der Waals surface area contributed by atoms with Gasteiger partial charge in [0.25, 0.3) is 0 Å². The van der Waals surface area contributed by atoms with E-state index in [-0.39, 0.29) is 23.7 Å². The zero-order chi connectivity index (χ0) is 13.0. The first-order chi connectivity index (χ1) is 8.66. The Morgan fingerprint density at radius 2 is 1.78 bits per heavy atom. The van der Waals surface area contributed by atoms with E-state index >= 15 is 0 Å². The average molecular weight is 252 g/mol. The first kappa shape index (κ1) is 13.2. The molecule has 0 spiro atoms. The fourth-order valence-electron chi connectivity index (χ4n) is 2.61. The van der Waals surface area contributed by atoms with Crippen molar-refractivity contribution < 1.29 is 13.6 Å². The Bertz CT molecular complexity index is 421. The molecule has 0 amide bonds. The summed E-state index contributed by atoms with van der Waals surface area (Å²) in [6.45, 7) is 0. The number of carbonyl (C=O) groups excluding carboxylic acids is 1. The summed E-state index contributed by atoms with van der Waals surface area (Å²) in [5.74, 6) is -0.880. The van der Waals surface area contributed by atoms with Gasteiger partial charge in [0.05, 0.1) is 0 Å². The monoisotopic (exact) mass is 252 g/mol. The zero-order valence-corrected chi connectivity index (χ0v) is 10.4. The van der Waals surface area contributed by atoms with Crippen molar-refractivity contribution in [1.29, 1.82) is 0 Å². The van der Waals surface area contributed by atoms with Crippen LogP contribution in [0.15, 0.2) is 18.2 Å². The molecule has 0 radical (unpaired) electrons. The molecule has 3 heteroatoms. The Balaban J connectivity index is 2.03. The van der Waals surface area contributed by atoms with Gasteiger partial charge in [0.15, 0.2) is 0 Å². The van der Waals surface area contributed by atoms with Crippen LogP contribution in [0.3, 0.4) is 0 Å². The van der Waals surface area contributed by atoms with Gasteiger partial charge in [0, 0.05) is 12.3 Å². The smallest absolute Gasteiger partial charge is 0.140 e. The van der Waals surface area contributed by atoms with Gasteiger partial charge in [0.1, 0.15) is 17.4 Å². The average Bonchev–Trinajstić information content (AvgIpc) is 2.62. The number of benzene rings is 1. The molecule has 1 fully saturated rings. The molecule has 1 nitrogen and oxygen atoms in total. The van der Waals surface area contributed by atoms with Gasteiger partial charge in [-0.1, -0.05) is 25.7 Å². The minimum Gasteiger partial charge on any atom is -0.299 e. The molecule has 0 aromatic heterocycles. The molecule has 0 atom stereocenters. The Hall–Kier alpha value is -1.25. The van der Waals surface area contributed by atoms with Crippen molar-refractivity contribution >= 4 is 5.78 Å². The van der Waals surface area contributed by atoms with Crippen molar-refractivity contribution in [2.75, 3.05) is 0 Å². The summed E-state index contributed by atoms with van der Waals surface area (Å²) in [6.07, 6.45) is 6.32. The van der Waals surface area contributed by atoms with E-state index in [1.54, 1.807) is 0 Å². The van der Waals surface area contributed by atoms with Crippen LogP contribution in [0.1, 0.15) is 44.1 Å². The third-order valence-electron chi connectivity index (χ3n) is 3.68. The third kappa shape index (κ3) is 3.37. The first-order valence-electron chi connectivity index (χ1n) is 6.63. The predicted octanol–water partition coefficient (Wildman–Crippen LogP) is 4.05. The normalized spacial score (nSPS) is 17.4. The van der Waals surface area contributed by atoms with Gasteiger partial charge in [-0.25, -0.2) is 8.78 Å². The fraction of sp³-hybridized carbons (Fsp3) is 0.533. The van der Waals surface area contributed by atoms with Crippen LogP contribution in [0.25, 0.3) is 0 Å². The molecule has 1 aromatic carbocycles. The van der Waals surface area contributed by atoms with Gasteiger partial charge in [-0.2, -0.15) is 0 Å². The summed E-state index contributed by atoms with van der Waals surface area (Å²) < 4.78 is 26.5. The van der Waals surface area contributed by atoms with E-state index in [9.17, 15) is 13.6 Å². The second-order valence-corrected chi connectivity index (χ2v) is 5.07. The highest BCUT2D eigenvalue weighted by Gasteiger charge is 2.21. The van der Waals surface area contributed by atoms with Gasteiger partial charge in [0.2, 0.25) is 0 Å². The summed E-state index contributed by atoms with van der Waals surface area (Å²) in [4.78, 5) is 12.1. The van der Waals surface area contributed by atoms with E-state index in [0.29, 0.717) is 0 Å².